The van der Waals surface area contributed by atoms with Gasteiger partial charge in [-0.2, -0.15) is 0 Å². The fourth-order valence-corrected chi connectivity index (χ4v) is 3.36. The molecule has 0 saturated carbocycles. The van der Waals surface area contributed by atoms with Crippen LogP contribution in [0, 0.1) is 5.92 Å². The van der Waals surface area contributed by atoms with Gasteiger partial charge in [0.25, 0.3) is 5.91 Å². The maximum Gasteiger partial charge on any atom is 0.253 e. The second-order valence-corrected chi connectivity index (χ2v) is 6.06. The molecule has 4 nitrogen and oxygen atoms in total. The first-order valence-electron chi connectivity index (χ1n) is 7.85. The lowest BCUT2D eigenvalue weighted by molar-refractivity contribution is -0.125. The molecular weight excluding hydrogens is 264 g/mol. The number of carbonyl (C=O) groups excluding carboxylic acids is 2. The number of carbonyl (C=O) groups is 2. The van der Waals surface area contributed by atoms with E-state index in [1.165, 1.54) is 5.56 Å². The number of rotatable bonds is 2. The van der Waals surface area contributed by atoms with Crippen molar-refractivity contribution in [2.45, 2.75) is 38.6 Å². The van der Waals surface area contributed by atoms with Crippen molar-refractivity contribution in [3.63, 3.8) is 0 Å². The summed E-state index contributed by atoms with van der Waals surface area (Å²) in [4.78, 5) is 25.9. The fraction of sp³-hybridized carbons (Fsp3) is 0.529. The van der Waals surface area contributed by atoms with Gasteiger partial charge in [0.2, 0.25) is 5.91 Å². The molecule has 1 N–H and O–H groups in total. The summed E-state index contributed by atoms with van der Waals surface area (Å²) >= 11 is 0. The minimum absolute atomic E-state index is 0.119. The zero-order valence-electron chi connectivity index (χ0n) is 12.5. The predicted molar refractivity (Wildman–Crippen MR) is 81.0 cm³/mol. The van der Waals surface area contributed by atoms with E-state index in [1.807, 2.05) is 29.2 Å². The van der Waals surface area contributed by atoms with Gasteiger partial charge in [0, 0.05) is 31.1 Å². The van der Waals surface area contributed by atoms with Crippen molar-refractivity contribution in [2.75, 3.05) is 13.1 Å². The van der Waals surface area contributed by atoms with Crippen molar-refractivity contribution >= 4 is 11.8 Å². The predicted octanol–water partition coefficient (Wildman–Crippen LogP) is 1.99. The second-order valence-electron chi connectivity index (χ2n) is 6.06. The molecule has 2 fully saturated rings. The van der Waals surface area contributed by atoms with Crippen LogP contribution >= 0.6 is 0 Å². The molecule has 0 aliphatic carbocycles. The van der Waals surface area contributed by atoms with Gasteiger partial charge in [0.1, 0.15) is 0 Å². The maximum atomic E-state index is 12.6. The van der Waals surface area contributed by atoms with Crippen LogP contribution in [0.3, 0.4) is 0 Å². The molecule has 21 heavy (non-hydrogen) atoms. The van der Waals surface area contributed by atoms with Crippen molar-refractivity contribution < 1.29 is 9.59 Å². The third-order valence-electron chi connectivity index (χ3n) is 4.72. The molecule has 2 saturated heterocycles. The lowest BCUT2D eigenvalue weighted by Crippen LogP contribution is -2.55. The molecule has 1 aromatic rings. The van der Waals surface area contributed by atoms with Crippen molar-refractivity contribution in [1.82, 2.24) is 10.2 Å². The number of nitrogens with zero attached hydrogens (tertiary/aromatic N) is 1. The number of nitrogens with one attached hydrogen (secondary N) is 1. The van der Waals surface area contributed by atoms with E-state index in [0.29, 0.717) is 12.3 Å². The van der Waals surface area contributed by atoms with Crippen molar-refractivity contribution in [2.24, 2.45) is 5.92 Å². The monoisotopic (exact) mass is 286 g/mol. The Kier molecular flexibility index (Phi) is 3.95. The average Bonchev–Trinajstić information content (AvgIpc) is 2.53. The summed E-state index contributed by atoms with van der Waals surface area (Å²) in [6.45, 7) is 3.61. The summed E-state index contributed by atoms with van der Waals surface area (Å²) < 4.78 is 0. The van der Waals surface area contributed by atoms with E-state index >= 15 is 0 Å². The fourth-order valence-electron chi connectivity index (χ4n) is 3.36. The molecule has 0 bridgehead atoms. The van der Waals surface area contributed by atoms with Crippen LogP contribution in [0.15, 0.2) is 24.3 Å². The van der Waals surface area contributed by atoms with Gasteiger partial charge in [-0.3, -0.25) is 9.59 Å². The van der Waals surface area contributed by atoms with Crippen LogP contribution in [-0.2, 0) is 11.2 Å². The molecule has 0 spiro atoms. The van der Waals surface area contributed by atoms with Crippen molar-refractivity contribution in [3.8, 4) is 0 Å². The first-order valence-corrected chi connectivity index (χ1v) is 7.85. The molecule has 2 aliphatic rings. The SMILES string of the molecule is CCc1ccc(C(=O)N2CCC3NC(=O)CCC3C2)cc1. The van der Waals surface area contributed by atoms with Crippen LogP contribution in [0.25, 0.3) is 0 Å². The molecule has 3 rings (SSSR count). The van der Waals surface area contributed by atoms with Crippen LogP contribution in [0.2, 0.25) is 0 Å². The normalized spacial score (nSPS) is 25.2. The minimum atomic E-state index is 0.119. The number of hydrogen-bond acceptors (Lipinski definition) is 2. The van der Waals surface area contributed by atoms with Crippen LogP contribution < -0.4 is 5.32 Å². The first-order chi connectivity index (χ1) is 10.2. The zero-order valence-corrected chi connectivity index (χ0v) is 12.5. The molecule has 4 heteroatoms. The molecule has 2 aliphatic heterocycles. The summed E-state index contributed by atoms with van der Waals surface area (Å²) in [6, 6.07) is 8.17. The Balaban J connectivity index is 1.67. The molecule has 2 amide bonds. The van der Waals surface area contributed by atoms with Gasteiger partial charge in [-0.25, -0.2) is 0 Å². The van der Waals surface area contributed by atoms with E-state index in [-0.39, 0.29) is 17.9 Å². The van der Waals surface area contributed by atoms with Gasteiger partial charge in [0.05, 0.1) is 0 Å². The summed E-state index contributed by atoms with van der Waals surface area (Å²) in [5.74, 6) is 0.689. The number of amides is 2. The quantitative estimate of drug-likeness (QED) is 0.904. The molecule has 2 heterocycles. The van der Waals surface area contributed by atoms with Crippen LogP contribution in [0.4, 0.5) is 0 Å². The smallest absolute Gasteiger partial charge is 0.253 e. The average molecular weight is 286 g/mol. The van der Waals surface area contributed by atoms with Crippen LogP contribution in [-0.4, -0.2) is 35.8 Å². The van der Waals surface area contributed by atoms with Gasteiger partial charge in [-0.1, -0.05) is 19.1 Å². The number of hydrogen-bond donors (Lipinski definition) is 1. The number of piperidine rings is 2. The Morgan fingerprint density at radius 1 is 1.29 bits per heavy atom. The molecule has 2 atom stereocenters. The highest BCUT2D eigenvalue weighted by molar-refractivity contribution is 5.94. The Hall–Kier alpha value is -1.84. The highest BCUT2D eigenvalue weighted by atomic mass is 16.2. The Morgan fingerprint density at radius 3 is 2.76 bits per heavy atom. The van der Waals surface area contributed by atoms with Crippen molar-refractivity contribution in [1.29, 1.82) is 0 Å². The Labute approximate surface area is 125 Å². The number of benzene rings is 1. The largest absolute Gasteiger partial charge is 0.353 e. The summed E-state index contributed by atoms with van der Waals surface area (Å²) in [6.07, 6.45) is 3.35. The lowest BCUT2D eigenvalue weighted by Gasteiger charge is -2.41. The minimum Gasteiger partial charge on any atom is -0.353 e. The molecular formula is C17H22N2O2. The Morgan fingerprint density at radius 2 is 2.05 bits per heavy atom. The van der Waals surface area contributed by atoms with E-state index < -0.39 is 0 Å². The van der Waals surface area contributed by atoms with E-state index in [9.17, 15) is 9.59 Å². The topological polar surface area (TPSA) is 49.4 Å². The summed E-state index contributed by atoms with van der Waals surface area (Å²) in [5, 5.41) is 3.06. The van der Waals surface area contributed by atoms with Gasteiger partial charge >= 0.3 is 0 Å². The van der Waals surface area contributed by atoms with E-state index in [2.05, 4.69) is 12.2 Å². The molecule has 112 valence electrons. The second kappa shape index (κ2) is 5.88. The van der Waals surface area contributed by atoms with E-state index in [4.69, 9.17) is 0 Å². The molecule has 2 unspecified atom stereocenters. The van der Waals surface area contributed by atoms with Gasteiger partial charge in [-0.05, 0) is 42.9 Å². The highest BCUT2D eigenvalue weighted by Crippen LogP contribution is 2.26. The maximum absolute atomic E-state index is 12.6. The molecule has 0 radical (unpaired) electrons. The zero-order chi connectivity index (χ0) is 14.8. The van der Waals surface area contributed by atoms with Crippen molar-refractivity contribution in [3.05, 3.63) is 35.4 Å². The van der Waals surface area contributed by atoms with Gasteiger partial charge in [0.15, 0.2) is 0 Å². The third kappa shape index (κ3) is 2.94. The van der Waals surface area contributed by atoms with Gasteiger partial charge in [-0.15, -0.1) is 0 Å². The van der Waals surface area contributed by atoms with Crippen LogP contribution in [0.1, 0.15) is 42.1 Å². The highest BCUT2D eigenvalue weighted by Gasteiger charge is 2.35. The third-order valence-corrected chi connectivity index (χ3v) is 4.72. The van der Waals surface area contributed by atoms with E-state index in [0.717, 1.165) is 37.9 Å². The lowest BCUT2D eigenvalue weighted by atomic mass is 9.85. The standard InChI is InChI=1S/C17H22N2O2/c1-2-12-3-5-13(6-4-12)17(21)19-10-9-15-14(11-19)7-8-16(20)18-15/h3-6,14-15H,2,7-11H2,1H3,(H,18,20). The van der Waals surface area contributed by atoms with Crippen LogP contribution in [0.5, 0.6) is 0 Å². The number of fused-ring (bicyclic) bond motifs is 1. The van der Waals surface area contributed by atoms with E-state index in [1.54, 1.807) is 0 Å². The first kappa shape index (κ1) is 14.1. The summed E-state index contributed by atoms with van der Waals surface area (Å²) in [5.41, 5.74) is 2.02. The van der Waals surface area contributed by atoms with Gasteiger partial charge < -0.3 is 10.2 Å². The molecule has 1 aromatic carbocycles. The number of aryl methyl sites for hydroxylation is 1. The molecule has 0 aromatic heterocycles. The Bertz CT molecular complexity index is 538. The number of likely N-dealkylation sites (tertiary alicyclic amines) is 1. The summed E-state index contributed by atoms with van der Waals surface area (Å²) in [7, 11) is 0.